The summed E-state index contributed by atoms with van der Waals surface area (Å²) >= 11 is 36.7. The number of methoxy groups -OCH3 is 2. The Labute approximate surface area is 234 Å². The number of rotatable bonds is 6. The third-order valence-corrected chi connectivity index (χ3v) is 7.72. The first-order valence-corrected chi connectivity index (χ1v) is 11.9. The molecule has 0 atom stereocenters. The molecule has 0 bridgehead atoms. The Hall–Kier alpha value is -2.32. The molecule has 3 aromatic carbocycles. The zero-order valence-corrected chi connectivity index (χ0v) is 22.7. The highest BCUT2D eigenvalue weighted by Crippen LogP contribution is 2.38. The molecule has 0 fully saturated rings. The molecule has 0 spiro atoms. The molecule has 12 heteroatoms. The third kappa shape index (κ3) is 5.21. The predicted molar refractivity (Wildman–Crippen MR) is 139 cm³/mol. The first-order chi connectivity index (χ1) is 16.9. The van der Waals surface area contributed by atoms with Gasteiger partial charge in [-0.3, -0.25) is 9.59 Å². The van der Waals surface area contributed by atoms with Crippen LogP contribution in [0.2, 0.25) is 30.1 Å². The molecule has 36 heavy (non-hydrogen) atoms. The molecule has 0 unspecified atom stereocenters. The van der Waals surface area contributed by atoms with Crippen molar-refractivity contribution < 1.29 is 28.7 Å². The largest absolute Gasteiger partial charge is 0.465 e. The minimum Gasteiger partial charge on any atom is -0.465 e. The van der Waals surface area contributed by atoms with E-state index in [4.69, 9.17) is 69.6 Å². The van der Waals surface area contributed by atoms with E-state index < -0.39 is 23.5 Å². The standard InChI is InChI=1S/C24H12Cl6O6/c1-35-23(33)13-7-11(15(25)19(29)17(13)27)21(31)9-3-5-10(6-4-9)22(32)12-8-14(24(34)36-2)18(28)20(30)16(12)26/h3-8H,1-2H3. The molecule has 0 aliphatic carbocycles. The van der Waals surface area contributed by atoms with Crippen LogP contribution in [-0.4, -0.2) is 37.7 Å². The Balaban J connectivity index is 2.01. The van der Waals surface area contributed by atoms with Crippen LogP contribution >= 0.6 is 69.6 Å². The lowest BCUT2D eigenvalue weighted by Gasteiger charge is -2.12. The maximum Gasteiger partial charge on any atom is 0.339 e. The fourth-order valence-electron chi connectivity index (χ4n) is 3.14. The zero-order chi connectivity index (χ0) is 26.9. The number of hydrogen-bond donors (Lipinski definition) is 0. The van der Waals surface area contributed by atoms with Crippen LogP contribution in [0.1, 0.15) is 52.6 Å². The van der Waals surface area contributed by atoms with Crippen molar-refractivity contribution in [1.82, 2.24) is 0 Å². The molecule has 0 aromatic heterocycles. The van der Waals surface area contributed by atoms with Crippen molar-refractivity contribution in [2.75, 3.05) is 14.2 Å². The Morgan fingerprint density at radius 1 is 0.500 bits per heavy atom. The molecular weight excluding hydrogens is 597 g/mol. The van der Waals surface area contributed by atoms with E-state index >= 15 is 0 Å². The summed E-state index contributed by atoms with van der Waals surface area (Å²) < 4.78 is 9.32. The molecular formula is C24H12Cl6O6. The second-order valence-electron chi connectivity index (χ2n) is 7.05. The van der Waals surface area contributed by atoms with Crippen molar-refractivity contribution in [1.29, 1.82) is 0 Å². The highest BCUT2D eigenvalue weighted by Gasteiger charge is 2.26. The van der Waals surface area contributed by atoms with Gasteiger partial charge in [0.2, 0.25) is 0 Å². The van der Waals surface area contributed by atoms with Crippen molar-refractivity contribution in [2.45, 2.75) is 0 Å². The molecule has 0 heterocycles. The van der Waals surface area contributed by atoms with Crippen LogP contribution < -0.4 is 0 Å². The van der Waals surface area contributed by atoms with E-state index in [0.717, 1.165) is 14.2 Å². The van der Waals surface area contributed by atoms with E-state index in [1.807, 2.05) is 0 Å². The maximum absolute atomic E-state index is 13.1. The van der Waals surface area contributed by atoms with Crippen molar-refractivity contribution in [3.05, 3.63) is 99.9 Å². The van der Waals surface area contributed by atoms with Gasteiger partial charge in [-0.05, 0) is 12.1 Å². The summed E-state index contributed by atoms with van der Waals surface area (Å²) in [6.45, 7) is 0. The topological polar surface area (TPSA) is 86.7 Å². The first kappa shape index (κ1) is 28.3. The van der Waals surface area contributed by atoms with E-state index in [1.54, 1.807) is 0 Å². The Morgan fingerprint density at radius 3 is 1.06 bits per heavy atom. The molecule has 3 rings (SSSR count). The predicted octanol–water partition coefficient (Wildman–Crippen LogP) is 7.64. The SMILES string of the molecule is COC(=O)c1cc(C(=O)c2ccc(C(=O)c3cc(C(=O)OC)c(Cl)c(Cl)c3Cl)cc2)c(Cl)c(Cl)c1Cl. The van der Waals surface area contributed by atoms with Gasteiger partial charge in [0.15, 0.2) is 11.6 Å². The Bertz CT molecular complexity index is 1320. The number of carbonyl (C=O) groups excluding carboxylic acids is 4. The molecule has 0 saturated heterocycles. The highest BCUT2D eigenvalue weighted by molar-refractivity contribution is 6.51. The first-order valence-electron chi connectivity index (χ1n) is 9.65. The van der Waals surface area contributed by atoms with E-state index in [0.29, 0.717) is 0 Å². The number of halogens is 6. The summed E-state index contributed by atoms with van der Waals surface area (Å²) in [5.74, 6) is -2.80. The minimum absolute atomic E-state index is 0.0965. The van der Waals surface area contributed by atoms with Gasteiger partial charge in [-0.25, -0.2) is 9.59 Å². The fraction of sp³-hybridized carbons (Fsp3) is 0.0833. The van der Waals surface area contributed by atoms with Crippen LogP contribution in [0.3, 0.4) is 0 Å². The Kier molecular flexibility index (Phi) is 8.93. The zero-order valence-electron chi connectivity index (χ0n) is 18.2. The lowest BCUT2D eigenvalue weighted by molar-refractivity contribution is 0.0592. The average Bonchev–Trinajstić information content (AvgIpc) is 2.89. The maximum atomic E-state index is 13.1. The van der Waals surface area contributed by atoms with Crippen LogP contribution in [0.15, 0.2) is 36.4 Å². The summed E-state index contributed by atoms with van der Waals surface area (Å²) in [6.07, 6.45) is 0. The van der Waals surface area contributed by atoms with Gasteiger partial charge < -0.3 is 9.47 Å². The van der Waals surface area contributed by atoms with Gasteiger partial charge in [0.1, 0.15) is 0 Å². The fourth-order valence-corrected chi connectivity index (χ4v) is 4.57. The van der Waals surface area contributed by atoms with Crippen LogP contribution in [-0.2, 0) is 9.47 Å². The summed E-state index contributed by atoms with van der Waals surface area (Å²) in [5, 5.41) is -0.999. The van der Waals surface area contributed by atoms with Gasteiger partial charge in [-0.2, -0.15) is 0 Å². The molecule has 186 valence electrons. The van der Waals surface area contributed by atoms with E-state index in [1.165, 1.54) is 36.4 Å². The van der Waals surface area contributed by atoms with Gasteiger partial charge >= 0.3 is 11.9 Å². The van der Waals surface area contributed by atoms with Crippen LogP contribution in [0, 0.1) is 0 Å². The lowest BCUT2D eigenvalue weighted by atomic mass is 9.97. The summed E-state index contributed by atoms with van der Waals surface area (Å²) in [5.41, 5.74) is -0.225. The Morgan fingerprint density at radius 2 is 0.778 bits per heavy atom. The molecule has 6 nitrogen and oxygen atoms in total. The molecule has 0 saturated carbocycles. The van der Waals surface area contributed by atoms with Crippen molar-refractivity contribution in [2.24, 2.45) is 0 Å². The van der Waals surface area contributed by atoms with Gasteiger partial charge in [-0.15, -0.1) is 0 Å². The lowest BCUT2D eigenvalue weighted by Crippen LogP contribution is -2.10. The smallest absolute Gasteiger partial charge is 0.339 e. The molecule has 0 aliphatic rings. The van der Waals surface area contributed by atoms with Crippen molar-refractivity contribution in [3.63, 3.8) is 0 Å². The van der Waals surface area contributed by atoms with Crippen LogP contribution in [0.25, 0.3) is 0 Å². The number of hydrogen-bond acceptors (Lipinski definition) is 6. The average molecular weight is 609 g/mol. The minimum atomic E-state index is -0.807. The summed E-state index contributed by atoms with van der Waals surface area (Å²) in [4.78, 5) is 50.2. The van der Waals surface area contributed by atoms with Crippen molar-refractivity contribution in [3.8, 4) is 0 Å². The second-order valence-corrected chi connectivity index (χ2v) is 9.31. The number of benzene rings is 3. The molecule has 0 radical (unpaired) electrons. The number of ether oxygens (including phenoxy) is 2. The molecule has 3 aromatic rings. The quantitative estimate of drug-likeness (QED) is 0.162. The van der Waals surface area contributed by atoms with Crippen LogP contribution in [0.4, 0.5) is 0 Å². The van der Waals surface area contributed by atoms with E-state index in [-0.39, 0.29) is 63.5 Å². The highest BCUT2D eigenvalue weighted by atomic mass is 35.5. The van der Waals surface area contributed by atoms with E-state index in [9.17, 15) is 19.2 Å². The number of ketones is 2. The van der Waals surface area contributed by atoms with Gasteiger partial charge in [0.25, 0.3) is 0 Å². The molecule has 0 N–H and O–H groups in total. The molecule has 0 amide bonds. The third-order valence-electron chi connectivity index (χ3n) is 5.00. The molecule has 0 aliphatic heterocycles. The summed E-state index contributed by atoms with van der Waals surface area (Å²) in [6, 6.07) is 7.79. The van der Waals surface area contributed by atoms with Crippen molar-refractivity contribution >= 4 is 93.1 Å². The monoisotopic (exact) mass is 606 g/mol. The normalized spacial score (nSPS) is 10.7. The van der Waals surface area contributed by atoms with Gasteiger partial charge in [-0.1, -0.05) is 93.9 Å². The van der Waals surface area contributed by atoms with Gasteiger partial charge in [0, 0.05) is 22.3 Å². The second kappa shape index (κ2) is 11.4. The summed E-state index contributed by atoms with van der Waals surface area (Å²) in [7, 11) is 2.29. The van der Waals surface area contributed by atoms with Gasteiger partial charge in [0.05, 0.1) is 55.5 Å². The van der Waals surface area contributed by atoms with E-state index in [2.05, 4.69) is 9.47 Å². The number of carbonyl (C=O) groups is 4. The van der Waals surface area contributed by atoms with Crippen LogP contribution in [0.5, 0.6) is 0 Å². The number of esters is 2.